The van der Waals surface area contributed by atoms with Crippen LogP contribution in [0.25, 0.3) is 0 Å². The van der Waals surface area contributed by atoms with Gasteiger partial charge >= 0.3 is 5.97 Å². The molecule has 1 aliphatic heterocycles. The minimum Gasteiger partial charge on any atom is -0.481 e. The Morgan fingerprint density at radius 2 is 2.35 bits per heavy atom. The lowest BCUT2D eigenvalue weighted by atomic mass is 9.99. The molecule has 0 bridgehead atoms. The van der Waals surface area contributed by atoms with E-state index in [9.17, 15) is 4.79 Å². The third-order valence-corrected chi connectivity index (χ3v) is 4.36. The van der Waals surface area contributed by atoms with E-state index in [0.717, 1.165) is 17.2 Å². The second kappa shape index (κ2) is 4.74. The van der Waals surface area contributed by atoms with E-state index < -0.39 is 5.97 Å². The van der Waals surface area contributed by atoms with Crippen molar-refractivity contribution in [2.45, 2.75) is 26.8 Å². The van der Waals surface area contributed by atoms with Gasteiger partial charge in [0.25, 0.3) is 0 Å². The molecule has 2 heterocycles. The molecule has 4 nitrogen and oxygen atoms in total. The number of nitrogens with zero attached hydrogens (tertiary/aromatic N) is 2. The molecule has 0 aliphatic carbocycles. The van der Waals surface area contributed by atoms with Gasteiger partial charge in [0, 0.05) is 18.5 Å². The van der Waals surface area contributed by atoms with Crippen LogP contribution in [0.2, 0.25) is 0 Å². The number of rotatable bonds is 3. The minimum atomic E-state index is -0.679. The second-order valence-corrected chi connectivity index (χ2v) is 5.91. The van der Waals surface area contributed by atoms with E-state index in [1.165, 1.54) is 0 Å². The van der Waals surface area contributed by atoms with Crippen LogP contribution < -0.4 is 0 Å². The molecule has 1 N–H and O–H groups in total. The number of likely N-dealkylation sites (tertiary alicyclic amines) is 1. The number of aliphatic carboxylic acids is 1. The molecule has 0 saturated carbocycles. The van der Waals surface area contributed by atoms with E-state index in [4.69, 9.17) is 5.11 Å². The van der Waals surface area contributed by atoms with Crippen LogP contribution in [0, 0.1) is 18.8 Å². The van der Waals surface area contributed by atoms with Crippen LogP contribution in [-0.2, 0) is 4.79 Å². The molecule has 2 rings (SSSR count). The van der Waals surface area contributed by atoms with Gasteiger partial charge in [0.05, 0.1) is 22.7 Å². The topological polar surface area (TPSA) is 53.4 Å². The van der Waals surface area contributed by atoms with Crippen molar-refractivity contribution < 1.29 is 9.90 Å². The van der Waals surface area contributed by atoms with Gasteiger partial charge < -0.3 is 5.11 Å². The molecule has 3 atom stereocenters. The molecular weight excluding hydrogens is 236 g/mol. The predicted octanol–water partition coefficient (Wildman–Crippen LogP) is 2.17. The maximum absolute atomic E-state index is 11.1. The highest BCUT2D eigenvalue weighted by Gasteiger charge is 2.37. The zero-order valence-corrected chi connectivity index (χ0v) is 11.2. The first-order valence-corrected chi connectivity index (χ1v) is 6.76. The number of thiazole rings is 1. The Bertz CT molecular complexity index is 418. The second-order valence-electron chi connectivity index (χ2n) is 4.84. The Morgan fingerprint density at radius 3 is 2.82 bits per heavy atom. The molecule has 5 heteroatoms. The number of carboxylic acid groups (broad SMARTS) is 1. The fraction of sp³-hybridized carbons (Fsp3) is 0.667. The molecule has 0 amide bonds. The van der Waals surface area contributed by atoms with Crippen molar-refractivity contribution in [2.24, 2.45) is 11.8 Å². The van der Waals surface area contributed by atoms with Crippen molar-refractivity contribution in [1.82, 2.24) is 9.88 Å². The van der Waals surface area contributed by atoms with Gasteiger partial charge in [-0.25, -0.2) is 4.98 Å². The number of aryl methyl sites for hydroxylation is 1. The summed E-state index contributed by atoms with van der Waals surface area (Å²) in [5.74, 6) is -0.700. The van der Waals surface area contributed by atoms with E-state index in [-0.39, 0.29) is 17.9 Å². The summed E-state index contributed by atoms with van der Waals surface area (Å²) >= 11 is 1.65. The minimum absolute atomic E-state index is 0.215. The van der Waals surface area contributed by atoms with E-state index >= 15 is 0 Å². The molecule has 1 aliphatic rings. The molecule has 94 valence electrons. The highest BCUT2D eigenvalue weighted by atomic mass is 32.1. The van der Waals surface area contributed by atoms with Crippen molar-refractivity contribution in [3.8, 4) is 0 Å². The van der Waals surface area contributed by atoms with Crippen LogP contribution in [0.3, 0.4) is 0 Å². The molecule has 0 aromatic carbocycles. The van der Waals surface area contributed by atoms with E-state index in [2.05, 4.69) is 22.2 Å². The van der Waals surface area contributed by atoms with Crippen molar-refractivity contribution in [3.63, 3.8) is 0 Å². The van der Waals surface area contributed by atoms with E-state index in [0.29, 0.717) is 6.54 Å². The largest absolute Gasteiger partial charge is 0.481 e. The summed E-state index contributed by atoms with van der Waals surface area (Å²) in [6.07, 6.45) is 0. The van der Waals surface area contributed by atoms with Crippen LogP contribution >= 0.6 is 11.3 Å². The molecule has 1 aromatic rings. The molecule has 1 saturated heterocycles. The molecular formula is C12H18N2O2S. The zero-order chi connectivity index (χ0) is 12.6. The number of hydrogen-bond acceptors (Lipinski definition) is 4. The Balaban J connectivity index is 2.07. The Hall–Kier alpha value is -0.940. The maximum atomic E-state index is 11.1. The first-order valence-electron chi connectivity index (χ1n) is 5.88. The lowest BCUT2D eigenvalue weighted by Crippen LogP contribution is -2.26. The van der Waals surface area contributed by atoms with Gasteiger partial charge in [-0.15, -0.1) is 11.3 Å². The fourth-order valence-electron chi connectivity index (χ4n) is 2.40. The van der Waals surface area contributed by atoms with Gasteiger partial charge in [-0.05, 0) is 19.8 Å². The van der Waals surface area contributed by atoms with Gasteiger partial charge in [-0.1, -0.05) is 6.92 Å². The summed E-state index contributed by atoms with van der Waals surface area (Å²) in [5.41, 5.74) is 1.06. The van der Waals surface area contributed by atoms with Crippen LogP contribution in [0.1, 0.15) is 30.6 Å². The molecule has 0 radical (unpaired) electrons. The number of carbonyl (C=O) groups is 1. The molecule has 1 fully saturated rings. The monoisotopic (exact) mass is 254 g/mol. The quantitative estimate of drug-likeness (QED) is 0.898. The third-order valence-electron chi connectivity index (χ3n) is 3.57. The zero-order valence-electron chi connectivity index (χ0n) is 10.4. The Kier molecular flexibility index (Phi) is 3.49. The van der Waals surface area contributed by atoms with E-state index in [1.807, 2.05) is 13.8 Å². The molecule has 17 heavy (non-hydrogen) atoms. The average molecular weight is 254 g/mol. The van der Waals surface area contributed by atoms with Crippen LogP contribution in [-0.4, -0.2) is 34.0 Å². The third kappa shape index (κ3) is 2.50. The first kappa shape index (κ1) is 12.5. The maximum Gasteiger partial charge on any atom is 0.308 e. The summed E-state index contributed by atoms with van der Waals surface area (Å²) in [6, 6.07) is 0.215. The van der Waals surface area contributed by atoms with Gasteiger partial charge in [-0.2, -0.15) is 0 Å². The number of aromatic nitrogens is 1. The lowest BCUT2D eigenvalue weighted by Gasteiger charge is -2.22. The molecule has 0 spiro atoms. The lowest BCUT2D eigenvalue weighted by molar-refractivity contribution is -0.142. The van der Waals surface area contributed by atoms with Crippen molar-refractivity contribution >= 4 is 17.3 Å². The molecule has 1 aromatic heterocycles. The van der Waals surface area contributed by atoms with Crippen LogP contribution in [0.5, 0.6) is 0 Å². The van der Waals surface area contributed by atoms with Gasteiger partial charge in [-0.3, -0.25) is 9.69 Å². The summed E-state index contributed by atoms with van der Waals surface area (Å²) < 4.78 is 0. The molecule has 3 unspecified atom stereocenters. The highest BCUT2D eigenvalue weighted by molar-refractivity contribution is 7.09. The highest BCUT2D eigenvalue weighted by Crippen LogP contribution is 2.31. The Morgan fingerprint density at radius 1 is 1.65 bits per heavy atom. The number of carboxylic acids is 1. The predicted molar refractivity (Wildman–Crippen MR) is 67.1 cm³/mol. The van der Waals surface area contributed by atoms with Gasteiger partial charge in [0.1, 0.15) is 0 Å². The Labute approximate surface area is 105 Å². The van der Waals surface area contributed by atoms with Gasteiger partial charge in [0.15, 0.2) is 0 Å². The smallest absolute Gasteiger partial charge is 0.308 e. The standard InChI is InChI=1S/C12H18N2O2S/c1-7-4-14(5-10(7)12(15)16)8(2)11-6-17-9(3)13-11/h6-8,10H,4-5H2,1-3H3,(H,15,16). The summed E-state index contributed by atoms with van der Waals surface area (Å²) in [5, 5.41) is 12.2. The summed E-state index contributed by atoms with van der Waals surface area (Å²) in [4.78, 5) is 17.8. The van der Waals surface area contributed by atoms with Crippen molar-refractivity contribution in [2.75, 3.05) is 13.1 Å². The number of hydrogen-bond donors (Lipinski definition) is 1. The summed E-state index contributed by atoms with van der Waals surface area (Å²) in [7, 11) is 0. The van der Waals surface area contributed by atoms with E-state index in [1.54, 1.807) is 11.3 Å². The average Bonchev–Trinajstić information content (AvgIpc) is 2.83. The van der Waals surface area contributed by atoms with Crippen LogP contribution in [0.4, 0.5) is 0 Å². The normalized spacial score (nSPS) is 27.2. The summed E-state index contributed by atoms with van der Waals surface area (Å²) in [6.45, 7) is 7.58. The van der Waals surface area contributed by atoms with Crippen molar-refractivity contribution in [3.05, 3.63) is 16.1 Å². The van der Waals surface area contributed by atoms with Crippen molar-refractivity contribution in [1.29, 1.82) is 0 Å². The SMILES string of the molecule is Cc1nc(C(C)N2CC(C)C(C(=O)O)C2)cs1. The fourth-order valence-corrected chi connectivity index (χ4v) is 3.10. The first-order chi connectivity index (χ1) is 7.99. The van der Waals surface area contributed by atoms with Gasteiger partial charge in [0.2, 0.25) is 0 Å². The van der Waals surface area contributed by atoms with Crippen LogP contribution in [0.15, 0.2) is 5.38 Å².